The minimum atomic E-state index is -0.375. The summed E-state index contributed by atoms with van der Waals surface area (Å²) in [5, 5.41) is 0. The van der Waals surface area contributed by atoms with Gasteiger partial charge in [0.1, 0.15) is 0 Å². The smallest absolute Gasteiger partial charge is 0.345 e. The molecule has 0 fully saturated rings. The van der Waals surface area contributed by atoms with Crippen molar-refractivity contribution in [3.63, 3.8) is 0 Å². The van der Waals surface area contributed by atoms with Crippen molar-refractivity contribution in [3.8, 4) is 11.5 Å². The highest BCUT2D eigenvalue weighted by Gasteiger charge is 2.13. The number of carbonyl (C=O) groups excluding carboxylic acids is 1. The molecule has 0 heterocycles. The van der Waals surface area contributed by atoms with E-state index in [1.807, 2.05) is 0 Å². The molecule has 0 spiro atoms. The highest BCUT2D eigenvalue weighted by Crippen LogP contribution is 2.30. The van der Waals surface area contributed by atoms with Gasteiger partial charge in [-0.3, -0.25) is 9.74 Å². The first-order valence-corrected chi connectivity index (χ1v) is 4.92. The average Bonchev–Trinajstić information content (AvgIpc) is 2.37. The van der Waals surface area contributed by atoms with E-state index in [0.29, 0.717) is 17.2 Å². The van der Waals surface area contributed by atoms with E-state index in [1.54, 1.807) is 32.4 Å². The van der Waals surface area contributed by atoms with Crippen LogP contribution in [-0.4, -0.2) is 34.4 Å². The third kappa shape index (κ3) is 3.01. The van der Waals surface area contributed by atoms with Crippen molar-refractivity contribution in [2.24, 2.45) is 0 Å². The molecule has 2 amide bonds. The molecular weight excluding hydrogens is 224 g/mol. The molecule has 1 N–H and O–H groups in total. The summed E-state index contributed by atoms with van der Waals surface area (Å²) in [5.74, 6) is 1.17. The molecular formula is C11H16N2O4. The Bertz CT molecular complexity index is 395. The lowest BCUT2D eigenvalue weighted by Crippen LogP contribution is -2.36. The Balaban J connectivity index is 2.95. The Labute approximate surface area is 100 Å². The summed E-state index contributed by atoms with van der Waals surface area (Å²) in [7, 11) is 6.09. The predicted octanol–water partition coefficient (Wildman–Crippen LogP) is 1.41. The van der Waals surface area contributed by atoms with Gasteiger partial charge in [0.2, 0.25) is 0 Å². The summed E-state index contributed by atoms with van der Waals surface area (Å²) in [5.41, 5.74) is 2.89. The summed E-state index contributed by atoms with van der Waals surface area (Å²) in [6.07, 6.45) is 0. The third-order valence-electron chi connectivity index (χ3n) is 2.25. The molecule has 0 saturated heterocycles. The number of hydroxylamine groups is 1. The molecule has 1 rings (SSSR count). The normalized spacial score (nSPS) is 9.65. The zero-order valence-corrected chi connectivity index (χ0v) is 10.3. The quantitative estimate of drug-likeness (QED) is 0.808. The lowest BCUT2D eigenvalue weighted by atomic mass is 10.2. The number of amides is 2. The predicted molar refractivity (Wildman–Crippen MR) is 63.5 cm³/mol. The molecule has 6 nitrogen and oxygen atoms in total. The third-order valence-corrected chi connectivity index (χ3v) is 2.25. The largest absolute Gasteiger partial charge is 0.493 e. The maximum absolute atomic E-state index is 11.5. The fraction of sp³-hybridized carbons (Fsp3) is 0.364. The van der Waals surface area contributed by atoms with Crippen molar-refractivity contribution in [3.05, 3.63) is 18.2 Å². The van der Waals surface area contributed by atoms with Crippen molar-refractivity contribution in [1.29, 1.82) is 0 Å². The van der Waals surface area contributed by atoms with Crippen LogP contribution in [0.5, 0.6) is 11.5 Å². The number of ether oxygens (including phenoxy) is 2. The number of hydrogen-bond acceptors (Lipinski definition) is 4. The zero-order chi connectivity index (χ0) is 12.8. The summed E-state index contributed by atoms with van der Waals surface area (Å²) in [4.78, 5) is 17.5. The maximum Gasteiger partial charge on any atom is 0.345 e. The van der Waals surface area contributed by atoms with E-state index in [4.69, 9.17) is 9.47 Å². The van der Waals surface area contributed by atoms with Gasteiger partial charge in [0, 0.05) is 18.8 Å². The maximum atomic E-state index is 11.5. The van der Waals surface area contributed by atoms with Gasteiger partial charge in [-0.05, 0) is 12.1 Å². The van der Waals surface area contributed by atoms with Gasteiger partial charge in [-0.25, -0.2) is 10.3 Å². The second kappa shape index (κ2) is 5.95. The first-order valence-electron chi connectivity index (χ1n) is 4.92. The Morgan fingerprint density at radius 1 is 1.18 bits per heavy atom. The van der Waals surface area contributed by atoms with Gasteiger partial charge in [0.25, 0.3) is 0 Å². The van der Waals surface area contributed by atoms with E-state index in [-0.39, 0.29) is 6.03 Å². The fourth-order valence-electron chi connectivity index (χ4n) is 1.31. The molecule has 94 valence electrons. The highest BCUT2D eigenvalue weighted by atomic mass is 16.6. The molecule has 0 bridgehead atoms. The number of urea groups is 1. The van der Waals surface area contributed by atoms with E-state index < -0.39 is 0 Å². The number of anilines is 1. The van der Waals surface area contributed by atoms with E-state index in [2.05, 4.69) is 10.3 Å². The highest BCUT2D eigenvalue weighted by molar-refractivity contribution is 5.91. The molecule has 0 aliphatic heterocycles. The van der Waals surface area contributed by atoms with Crippen LogP contribution in [0.1, 0.15) is 0 Å². The van der Waals surface area contributed by atoms with Gasteiger partial charge in [-0.2, -0.15) is 0 Å². The van der Waals surface area contributed by atoms with Gasteiger partial charge in [0.05, 0.1) is 21.3 Å². The van der Waals surface area contributed by atoms with Crippen LogP contribution in [0.4, 0.5) is 10.5 Å². The zero-order valence-electron chi connectivity index (χ0n) is 10.3. The van der Waals surface area contributed by atoms with Crippen LogP contribution in [0, 0.1) is 0 Å². The molecule has 0 atom stereocenters. The van der Waals surface area contributed by atoms with Crippen LogP contribution >= 0.6 is 0 Å². The molecule has 17 heavy (non-hydrogen) atoms. The average molecular weight is 240 g/mol. The van der Waals surface area contributed by atoms with Crippen molar-refractivity contribution < 1.29 is 19.1 Å². The van der Waals surface area contributed by atoms with Crippen molar-refractivity contribution in [2.75, 3.05) is 33.3 Å². The fourth-order valence-corrected chi connectivity index (χ4v) is 1.31. The second-order valence-electron chi connectivity index (χ2n) is 3.21. The van der Waals surface area contributed by atoms with Crippen LogP contribution in [0.2, 0.25) is 0 Å². The summed E-state index contributed by atoms with van der Waals surface area (Å²) >= 11 is 0. The minimum Gasteiger partial charge on any atom is -0.493 e. The van der Waals surface area contributed by atoms with Crippen LogP contribution in [0.3, 0.4) is 0 Å². The number of rotatable bonds is 4. The first-order chi connectivity index (χ1) is 8.13. The molecule has 0 saturated carbocycles. The summed E-state index contributed by atoms with van der Waals surface area (Å²) in [6.45, 7) is 0. The van der Waals surface area contributed by atoms with Crippen LogP contribution in [0.25, 0.3) is 0 Å². The monoisotopic (exact) mass is 240 g/mol. The Morgan fingerprint density at radius 3 is 2.35 bits per heavy atom. The number of hydrogen-bond donors (Lipinski definition) is 1. The Hall–Kier alpha value is -1.95. The SMILES string of the molecule is CONC(=O)N(C)c1ccc(OC)c(OC)c1. The van der Waals surface area contributed by atoms with Gasteiger partial charge in [0.15, 0.2) is 11.5 Å². The van der Waals surface area contributed by atoms with E-state index in [1.165, 1.54) is 19.1 Å². The number of carbonyl (C=O) groups is 1. The van der Waals surface area contributed by atoms with E-state index in [0.717, 1.165) is 0 Å². The summed E-state index contributed by atoms with van der Waals surface area (Å²) in [6, 6.07) is 4.80. The van der Waals surface area contributed by atoms with Crippen LogP contribution < -0.4 is 19.9 Å². The molecule has 0 unspecified atom stereocenters. The van der Waals surface area contributed by atoms with Crippen LogP contribution in [-0.2, 0) is 4.84 Å². The van der Waals surface area contributed by atoms with Gasteiger partial charge >= 0.3 is 6.03 Å². The topological polar surface area (TPSA) is 60.0 Å². The molecule has 0 aliphatic rings. The number of benzene rings is 1. The number of nitrogens with one attached hydrogen (secondary N) is 1. The van der Waals surface area contributed by atoms with Gasteiger partial charge in [-0.15, -0.1) is 0 Å². The Kier molecular flexibility index (Phi) is 4.59. The molecule has 0 radical (unpaired) electrons. The lowest BCUT2D eigenvalue weighted by molar-refractivity contribution is 0.111. The molecule has 6 heteroatoms. The van der Waals surface area contributed by atoms with Crippen molar-refractivity contribution in [2.45, 2.75) is 0 Å². The number of nitrogens with zero attached hydrogens (tertiary/aromatic N) is 1. The van der Waals surface area contributed by atoms with Crippen molar-refractivity contribution in [1.82, 2.24) is 5.48 Å². The molecule has 0 aromatic heterocycles. The van der Waals surface area contributed by atoms with E-state index in [9.17, 15) is 4.79 Å². The molecule has 0 aliphatic carbocycles. The van der Waals surface area contributed by atoms with Gasteiger partial charge < -0.3 is 9.47 Å². The first kappa shape index (κ1) is 13.1. The second-order valence-corrected chi connectivity index (χ2v) is 3.21. The number of methoxy groups -OCH3 is 2. The van der Waals surface area contributed by atoms with Gasteiger partial charge in [-0.1, -0.05) is 0 Å². The standard InChI is InChI=1S/C11H16N2O4/c1-13(11(14)12-17-4)8-5-6-9(15-2)10(7-8)16-3/h5-7H,1-4H3,(H,12,14). The van der Waals surface area contributed by atoms with E-state index >= 15 is 0 Å². The minimum absolute atomic E-state index is 0.375. The van der Waals surface area contributed by atoms with Crippen molar-refractivity contribution >= 4 is 11.7 Å². The lowest BCUT2D eigenvalue weighted by Gasteiger charge is -2.18. The molecule has 1 aromatic carbocycles. The van der Waals surface area contributed by atoms with Crippen LogP contribution in [0.15, 0.2) is 18.2 Å². The Morgan fingerprint density at radius 2 is 1.82 bits per heavy atom. The summed E-state index contributed by atoms with van der Waals surface area (Å²) < 4.78 is 10.3. The molecule has 1 aromatic rings.